The van der Waals surface area contributed by atoms with E-state index in [1.165, 1.54) is 19.4 Å². The van der Waals surface area contributed by atoms with Gasteiger partial charge in [0.25, 0.3) is 0 Å². The Morgan fingerprint density at radius 2 is 2.14 bits per heavy atom. The van der Waals surface area contributed by atoms with E-state index in [9.17, 15) is 10.0 Å². The van der Waals surface area contributed by atoms with E-state index in [1.54, 1.807) is 19.2 Å². The molecule has 5 nitrogen and oxygen atoms in total. The summed E-state index contributed by atoms with van der Waals surface area (Å²) in [6.45, 7) is 5.20. The molecule has 2 aliphatic rings. The average molecular weight is 290 g/mol. The molecule has 2 N–H and O–H groups in total. The van der Waals surface area contributed by atoms with Crippen LogP contribution in [0.15, 0.2) is 18.2 Å². The molecule has 0 aliphatic carbocycles. The maximum absolute atomic E-state index is 9.54. The number of methoxy groups -OCH3 is 1. The number of rotatable bonds is 4. The highest BCUT2D eigenvalue weighted by Gasteiger charge is 2.31. The van der Waals surface area contributed by atoms with E-state index in [0.29, 0.717) is 11.5 Å². The van der Waals surface area contributed by atoms with Crippen LogP contribution < -0.4 is 10.2 Å². The van der Waals surface area contributed by atoms with Gasteiger partial charge in [0.05, 0.1) is 7.11 Å². The number of hydrogen-bond acceptors (Lipinski definition) is 5. The van der Waals surface area contributed by atoms with Gasteiger partial charge in [0.15, 0.2) is 0 Å². The monoisotopic (exact) mass is 290 g/mol. The van der Waals surface area contributed by atoms with Crippen LogP contribution in [0, 0.1) is 0 Å². The Bertz CT molecular complexity index is 498. The molecule has 1 unspecified atom stereocenters. The minimum Gasteiger partial charge on any atom is -0.497 e. The number of fused-ring (bicyclic) bond motifs is 1. The van der Waals surface area contributed by atoms with Gasteiger partial charge < -0.3 is 14.8 Å². The van der Waals surface area contributed by atoms with Crippen LogP contribution in [0.25, 0.3) is 0 Å². The predicted molar refractivity (Wildman–Crippen MR) is 82.7 cm³/mol. The molecular formula is C15H23BN2O3. The van der Waals surface area contributed by atoms with Crippen LogP contribution in [-0.4, -0.2) is 66.3 Å². The lowest BCUT2D eigenvalue weighted by atomic mass is 9.76. The van der Waals surface area contributed by atoms with Crippen molar-refractivity contribution in [3.05, 3.63) is 23.8 Å². The van der Waals surface area contributed by atoms with Crippen molar-refractivity contribution in [1.82, 2.24) is 9.80 Å². The van der Waals surface area contributed by atoms with Crippen molar-refractivity contribution in [2.75, 3.05) is 33.3 Å². The average Bonchev–Trinajstić information content (AvgIpc) is 2.94. The molecule has 6 heteroatoms. The number of ether oxygens (including phenoxy) is 1. The van der Waals surface area contributed by atoms with Crippen molar-refractivity contribution in [1.29, 1.82) is 0 Å². The van der Waals surface area contributed by atoms with E-state index in [0.717, 1.165) is 37.5 Å². The van der Waals surface area contributed by atoms with Crippen LogP contribution in [0.4, 0.5) is 0 Å². The van der Waals surface area contributed by atoms with Gasteiger partial charge in [0.2, 0.25) is 0 Å². The van der Waals surface area contributed by atoms with Crippen molar-refractivity contribution in [3.63, 3.8) is 0 Å². The Balaban J connectivity index is 1.74. The summed E-state index contributed by atoms with van der Waals surface area (Å²) in [5.41, 5.74) is 1.51. The third-order valence-corrected chi connectivity index (χ3v) is 4.69. The van der Waals surface area contributed by atoms with E-state index in [1.807, 2.05) is 6.07 Å². The Morgan fingerprint density at radius 1 is 1.29 bits per heavy atom. The highest BCUT2D eigenvalue weighted by Crippen LogP contribution is 2.23. The zero-order valence-corrected chi connectivity index (χ0v) is 12.5. The van der Waals surface area contributed by atoms with Crippen molar-refractivity contribution >= 4 is 12.6 Å². The van der Waals surface area contributed by atoms with Gasteiger partial charge in [-0.05, 0) is 42.5 Å². The largest absolute Gasteiger partial charge is 0.497 e. The Kier molecular flexibility index (Phi) is 4.49. The summed E-state index contributed by atoms with van der Waals surface area (Å²) in [6, 6.07) is 6.10. The standard InChI is InChI=1S/C15H23BN2O3/c1-21-14-4-5-15(16(19)20)12(9-14)10-17-7-8-18-6-2-3-13(18)11-17/h4-5,9,13,19-20H,2-3,6-8,10-11H2,1H3. The first-order valence-electron chi connectivity index (χ1n) is 7.66. The fourth-order valence-electron chi connectivity index (χ4n) is 3.54. The number of piperazine rings is 1. The maximum Gasteiger partial charge on any atom is 0.488 e. The quantitative estimate of drug-likeness (QED) is 0.743. The van der Waals surface area contributed by atoms with Gasteiger partial charge in [-0.15, -0.1) is 0 Å². The molecule has 0 spiro atoms. The summed E-state index contributed by atoms with van der Waals surface area (Å²) in [7, 11) is 0.199. The van der Waals surface area contributed by atoms with Crippen LogP contribution in [-0.2, 0) is 6.54 Å². The zero-order valence-electron chi connectivity index (χ0n) is 12.5. The molecule has 1 aromatic carbocycles. The normalized spacial score (nSPS) is 23.1. The molecule has 2 saturated heterocycles. The van der Waals surface area contributed by atoms with Crippen LogP contribution >= 0.6 is 0 Å². The topological polar surface area (TPSA) is 56.2 Å². The second-order valence-electron chi connectivity index (χ2n) is 6.01. The first-order chi connectivity index (χ1) is 10.2. The molecule has 1 aromatic rings. The Morgan fingerprint density at radius 3 is 2.90 bits per heavy atom. The summed E-state index contributed by atoms with van der Waals surface area (Å²) in [4.78, 5) is 4.98. The molecule has 0 amide bonds. The van der Waals surface area contributed by atoms with Crippen LogP contribution in [0.3, 0.4) is 0 Å². The van der Waals surface area contributed by atoms with Gasteiger partial charge in [-0.1, -0.05) is 6.07 Å². The molecule has 0 aromatic heterocycles. The molecular weight excluding hydrogens is 267 g/mol. The summed E-state index contributed by atoms with van der Waals surface area (Å²) in [5, 5.41) is 19.1. The SMILES string of the molecule is COc1ccc(B(O)O)c(CN2CCN3CCCC3C2)c1. The predicted octanol–water partition coefficient (Wildman–Crippen LogP) is -0.345. The smallest absolute Gasteiger partial charge is 0.488 e. The lowest BCUT2D eigenvalue weighted by molar-refractivity contribution is 0.0995. The van der Waals surface area contributed by atoms with E-state index in [2.05, 4.69) is 9.80 Å². The van der Waals surface area contributed by atoms with E-state index < -0.39 is 7.12 Å². The van der Waals surface area contributed by atoms with Crippen LogP contribution in [0.1, 0.15) is 18.4 Å². The molecule has 114 valence electrons. The number of nitrogens with zero attached hydrogens (tertiary/aromatic N) is 2. The fourth-order valence-corrected chi connectivity index (χ4v) is 3.54. The van der Waals surface area contributed by atoms with Crippen molar-refractivity contribution in [2.45, 2.75) is 25.4 Å². The lowest BCUT2D eigenvalue weighted by Crippen LogP contribution is -2.50. The summed E-state index contributed by atoms with van der Waals surface area (Å²) < 4.78 is 5.26. The van der Waals surface area contributed by atoms with E-state index >= 15 is 0 Å². The van der Waals surface area contributed by atoms with Gasteiger partial charge in [0, 0.05) is 32.2 Å². The minimum absolute atomic E-state index is 0.574. The highest BCUT2D eigenvalue weighted by atomic mass is 16.5. The lowest BCUT2D eigenvalue weighted by Gasteiger charge is -2.37. The third kappa shape index (κ3) is 3.24. The van der Waals surface area contributed by atoms with E-state index in [-0.39, 0.29) is 0 Å². The van der Waals surface area contributed by atoms with Crippen molar-refractivity contribution in [2.24, 2.45) is 0 Å². The van der Waals surface area contributed by atoms with Crippen LogP contribution in [0.5, 0.6) is 5.75 Å². The minimum atomic E-state index is -1.43. The van der Waals surface area contributed by atoms with Gasteiger partial charge in [0.1, 0.15) is 5.75 Å². The summed E-state index contributed by atoms with van der Waals surface area (Å²) in [6.07, 6.45) is 2.59. The third-order valence-electron chi connectivity index (χ3n) is 4.69. The van der Waals surface area contributed by atoms with Crippen molar-refractivity contribution < 1.29 is 14.8 Å². The van der Waals surface area contributed by atoms with Gasteiger partial charge in [-0.25, -0.2) is 0 Å². The van der Waals surface area contributed by atoms with Crippen molar-refractivity contribution in [3.8, 4) is 5.75 Å². The maximum atomic E-state index is 9.54. The van der Waals surface area contributed by atoms with E-state index in [4.69, 9.17) is 4.74 Å². The van der Waals surface area contributed by atoms with Gasteiger partial charge in [-0.3, -0.25) is 9.80 Å². The molecule has 0 bridgehead atoms. The second kappa shape index (κ2) is 6.36. The molecule has 0 radical (unpaired) electrons. The molecule has 2 heterocycles. The molecule has 2 aliphatic heterocycles. The summed E-state index contributed by atoms with van der Waals surface area (Å²) in [5.74, 6) is 0.758. The second-order valence-corrected chi connectivity index (χ2v) is 6.01. The van der Waals surface area contributed by atoms with Gasteiger partial charge >= 0.3 is 7.12 Å². The first-order valence-corrected chi connectivity index (χ1v) is 7.66. The molecule has 0 saturated carbocycles. The Labute approximate surface area is 126 Å². The van der Waals surface area contributed by atoms with Crippen LogP contribution in [0.2, 0.25) is 0 Å². The molecule has 1 atom stereocenters. The Hall–Kier alpha value is -1.08. The highest BCUT2D eigenvalue weighted by molar-refractivity contribution is 6.59. The number of benzene rings is 1. The number of hydrogen-bond donors (Lipinski definition) is 2. The zero-order chi connectivity index (χ0) is 14.8. The van der Waals surface area contributed by atoms with Gasteiger partial charge in [-0.2, -0.15) is 0 Å². The fraction of sp³-hybridized carbons (Fsp3) is 0.600. The first kappa shape index (κ1) is 14.8. The summed E-state index contributed by atoms with van der Waals surface area (Å²) >= 11 is 0. The molecule has 2 fully saturated rings. The molecule has 21 heavy (non-hydrogen) atoms. The molecule has 3 rings (SSSR count).